The minimum atomic E-state index is -5.17. The minimum Gasteiger partial charge on any atom is -0.385 e. The van der Waals surface area contributed by atoms with Gasteiger partial charge >= 0.3 is 6.18 Å². The largest absolute Gasteiger partial charge is 0.421 e. The molecule has 0 bridgehead atoms. The monoisotopic (exact) mass is 652 g/mol. The first-order chi connectivity index (χ1) is 19.9. The van der Waals surface area contributed by atoms with Crippen LogP contribution in [0.1, 0.15) is 36.5 Å². The molecule has 2 atom stereocenters. The summed E-state index contributed by atoms with van der Waals surface area (Å²) in [7, 11) is -8.03. The summed E-state index contributed by atoms with van der Waals surface area (Å²) in [6.45, 7) is 2.85. The maximum Gasteiger partial charge on any atom is 0.421 e. The van der Waals surface area contributed by atoms with E-state index in [0.717, 1.165) is 24.3 Å². The molecule has 4 rings (SSSR count). The van der Waals surface area contributed by atoms with E-state index in [1.165, 1.54) is 61.5 Å². The van der Waals surface area contributed by atoms with Gasteiger partial charge in [0.05, 0.1) is 30.2 Å². The maximum atomic E-state index is 14.3. The zero-order chi connectivity index (χ0) is 31.8. The molecule has 4 aromatic carbocycles. The Morgan fingerprint density at radius 2 is 1.09 bits per heavy atom. The Labute approximate surface area is 253 Å². The standard InChI is InChI=1S/C31H28ClF3O6S2/c1-21-7-3-5-9-27(21)42(38,39)24-17-13-23(14-18-24)30(37,31(33,34)35)20-19-29(2,36)22-11-15-25(16-12-22)43(40,41)28-10-6-4-8-26(28)32/h3-18,36-37H,19-20H2,1-2H3. The van der Waals surface area contributed by atoms with Crippen molar-refractivity contribution in [2.75, 3.05) is 0 Å². The Hall–Kier alpha value is -3.22. The average Bonchev–Trinajstić information content (AvgIpc) is 2.96. The van der Waals surface area contributed by atoms with Crippen LogP contribution in [0, 0.1) is 6.92 Å². The summed E-state index contributed by atoms with van der Waals surface area (Å²) in [6, 6.07) is 20.8. The molecule has 0 aliphatic carbocycles. The van der Waals surface area contributed by atoms with Gasteiger partial charge in [-0.05, 0) is 85.8 Å². The van der Waals surface area contributed by atoms with Crippen LogP contribution in [0.3, 0.4) is 0 Å². The van der Waals surface area contributed by atoms with Gasteiger partial charge in [0.25, 0.3) is 0 Å². The number of sulfone groups is 2. The molecule has 0 spiro atoms. The summed E-state index contributed by atoms with van der Waals surface area (Å²) in [6.07, 6.45) is -6.73. The fourth-order valence-corrected chi connectivity index (χ4v) is 7.97. The van der Waals surface area contributed by atoms with E-state index in [1.54, 1.807) is 25.1 Å². The van der Waals surface area contributed by atoms with Gasteiger partial charge in [-0.1, -0.05) is 66.2 Å². The van der Waals surface area contributed by atoms with Gasteiger partial charge in [-0.15, -0.1) is 0 Å². The van der Waals surface area contributed by atoms with Crippen LogP contribution < -0.4 is 0 Å². The fraction of sp³-hybridized carbons (Fsp3) is 0.226. The number of halogens is 4. The van der Waals surface area contributed by atoms with E-state index < -0.39 is 55.5 Å². The highest BCUT2D eigenvalue weighted by Gasteiger charge is 2.55. The normalized spacial score (nSPS) is 15.4. The van der Waals surface area contributed by atoms with Crippen molar-refractivity contribution in [2.45, 2.75) is 63.6 Å². The van der Waals surface area contributed by atoms with Crippen LogP contribution in [0.2, 0.25) is 5.02 Å². The molecule has 2 unspecified atom stereocenters. The lowest BCUT2D eigenvalue weighted by atomic mass is 9.82. The molecule has 0 aromatic heterocycles. The van der Waals surface area contributed by atoms with Gasteiger partial charge in [-0.2, -0.15) is 13.2 Å². The number of aryl methyl sites for hydroxylation is 1. The van der Waals surface area contributed by atoms with Gasteiger partial charge in [0.15, 0.2) is 5.60 Å². The van der Waals surface area contributed by atoms with Crippen LogP contribution in [-0.4, -0.2) is 33.2 Å². The van der Waals surface area contributed by atoms with Crippen molar-refractivity contribution in [3.8, 4) is 0 Å². The van der Waals surface area contributed by atoms with Gasteiger partial charge in [-0.25, -0.2) is 16.8 Å². The Morgan fingerprint density at radius 3 is 1.58 bits per heavy atom. The molecule has 6 nitrogen and oxygen atoms in total. The van der Waals surface area contributed by atoms with Crippen LogP contribution in [0.15, 0.2) is 117 Å². The summed E-state index contributed by atoms with van der Waals surface area (Å²) in [4.78, 5) is -0.485. The van der Waals surface area contributed by atoms with Crippen molar-refractivity contribution >= 4 is 31.3 Å². The second kappa shape index (κ2) is 11.7. The zero-order valence-corrected chi connectivity index (χ0v) is 25.4. The second-order valence-electron chi connectivity index (χ2n) is 10.4. The van der Waals surface area contributed by atoms with Crippen molar-refractivity contribution in [1.82, 2.24) is 0 Å². The predicted molar refractivity (Wildman–Crippen MR) is 155 cm³/mol. The van der Waals surface area contributed by atoms with E-state index in [-0.39, 0.29) is 30.2 Å². The van der Waals surface area contributed by atoms with Gasteiger partial charge in [0, 0.05) is 0 Å². The molecule has 0 saturated heterocycles. The molecule has 228 valence electrons. The molecule has 0 heterocycles. The fourth-order valence-electron chi connectivity index (χ4n) is 4.70. The summed E-state index contributed by atoms with van der Waals surface area (Å²) in [5, 5.41) is 22.0. The van der Waals surface area contributed by atoms with Gasteiger partial charge < -0.3 is 10.2 Å². The van der Waals surface area contributed by atoms with E-state index in [1.807, 2.05) is 0 Å². The van der Waals surface area contributed by atoms with E-state index in [4.69, 9.17) is 11.6 Å². The lowest BCUT2D eigenvalue weighted by molar-refractivity contribution is -0.272. The number of aliphatic hydroxyl groups is 2. The van der Waals surface area contributed by atoms with Gasteiger partial charge in [-0.3, -0.25) is 0 Å². The van der Waals surface area contributed by atoms with Gasteiger partial charge in [0.1, 0.15) is 0 Å². The van der Waals surface area contributed by atoms with E-state index in [2.05, 4.69) is 0 Å². The Morgan fingerprint density at radius 1 is 0.651 bits per heavy atom. The first kappa shape index (κ1) is 32.7. The predicted octanol–water partition coefficient (Wildman–Crippen LogP) is 6.75. The van der Waals surface area contributed by atoms with Crippen LogP contribution in [-0.2, 0) is 30.9 Å². The van der Waals surface area contributed by atoms with Crippen LogP contribution >= 0.6 is 11.6 Å². The van der Waals surface area contributed by atoms with Crippen molar-refractivity contribution in [3.05, 3.63) is 119 Å². The minimum absolute atomic E-state index is 0.00978. The van der Waals surface area contributed by atoms with Crippen LogP contribution in [0.25, 0.3) is 0 Å². The van der Waals surface area contributed by atoms with Crippen molar-refractivity contribution < 1.29 is 40.2 Å². The quantitative estimate of drug-likeness (QED) is 0.207. The highest BCUT2D eigenvalue weighted by Crippen LogP contribution is 2.45. The molecule has 43 heavy (non-hydrogen) atoms. The molecule has 0 saturated carbocycles. The van der Waals surface area contributed by atoms with Crippen molar-refractivity contribution in [2.24, 2.45) is 0 Å². The molecule has 2 N–H and O–H groups in total. The van der Waals surface area contributed by atoms with E-state index in [9.17, 15) is 40.2 Å². The number of hydrogen-bond donors (Lipinski definition) is 2. The second-order valence-corrected chi connectivity index (χ2v) is 14.6. The molecular formula is C31H28ClF3O6S2. The van der Waals surface area contributed by atoms with Gasteiger partial charge in [0.2, 0.25) is 19.7 Å². The first-order valence-electron chi connectivity index (χ1n) is 12.9. The van der Waals surface area contributed by atoms with E-state index >= 15 is 0 Å². The highest BCUT2D eigenvalue weighted by molar-refractivity contribution is 7.92. The topological polar surface area (TPSA) is 109 Å². The molecular weight excluding hydrogens is 625 g/mol. The summed E-state index contributed by atoms with van der Waals surface area (Å²) < 4.78 is 94.9. The third kappa shape index (κ3) is 6.37. The number of benzene rings is 4. The Kier molecular flexibility index (Phi) is 8.89. The van der Waals surface area contributed by atoms with Crippen molar-refractivity contribution in [1.29, 1.82) is 0 Å². The summed E-state index contributed by atoms with van der Waals surface area (Å²) >= 11 is 6.03. The number of alkyl halides is 3. The number of hydrogen-bond acceptors (Lipinski definition) is 6. The molecule has 0 amide bonds. The van der Waals surface area contributed by atoms with E-state index in [0.29, 0.717) is 5.56 Å². The zero-order valence-electron chi connectivity index (χ0n) is 23.0. The SMILES string of the molecule is Cc1ccccc1S(=O)(=O)c1ccc(C(O)(CCC(C)(O)c2ccc(S(=O)(=O)c3ccccc3Cl)cc2)C(F)(F)F)cc1. The Bertz CT molecular complexity index is 1840. The average molecular weight is 653 g/mol. The third-order valence-corrected chi connectivity index (χ3v) is 11.6. The Balaban J connectivity index is 1.59. The third-order valence-electron chi connectivity index (χ3n) is 7.38. The smallest absolute Gasteiger partial charge is 0.385 e. The molecule has 12 heteroatoms. The lowest BCUT2D eigenvalue weighted by Gasteiger charge is -2.34. The lowest BCUT2D eigenvalue weighted by Crippen LogP contribution is -2.43. The molecule has 4 aromatic rings. The summed E-state index contributed by atoms with van der Waals surface area (Å²) in [5.41, 5.74) is -5.33. The maximum absolute atomic E-state index is 14.3. The highest BCUT2D eigenvalue weighted by atomic mass is 35.5. The molecule has 0 radical (unpaired) electrons. The summed E-state index contributed by atoms with van der Waals surface area (Å²) in [5.74, 6) is 0. The molecule has 0 aliphatic rings. The number of rotatable bonds is 9. The molecule has 0 aliphatic heterocycles. The van der Waals surface area contributed by atoms with Crippen LogP contribution in [0.4, 0.5) is 13.2 Å². The van der Waals surface area contributed by atoms with Crippen molar-refractivity contribution in [3.63, 3.8) is 0 Å². The first-order valence-corrected chi connectivity index (χ1v) is 16.3. The van der Waals surface area contributed by atoms with Crippen LogP contribution in [0.5, 0.6) is 0 Å². The molecule has 0 fully saturated rings.